The van der Waals surface area contributed by atoms with Crippen LogP contribution in [0.2, 0.25) is 0 Å². The molecule has 1 N–H and O–H groups in total. The molecule has 2 aromatic carbocycles. The van der Waals surface area contributed by atoms with Crippen LogP contribution >= 0.6 is 67.8 Å². The molecular formula is C22H23I3O5S. The van der Waals surface area contributed by atoms with Crippen molar-refractivity contribution in [2.45, 2.75) is 62.7 Å². The van der Waals surface area contributed by atoms with Gasteiger partial charge in [-0.3, -0.25) is 4.55 Å². The molecule has 0 bridgehead atoms. The second-order valence-electron chi connectivity index (χ2n) is 8.03. The molecule has 0 amide bonds. The first-order chi connectivity index (χ1) is 14.5. The highest BCUT2D eigenvalue weighted by molar-refractivity contribution is 14.1. The summed E-state index contributed by atoms with van der Waals surface area (Å²) in [5.74, 6) is -0.198. The molecule has 0 aliphatic heterocycles. The molecule has 0 unspecified atom stereocenters. The monoisotopic (exact) mass is 780 g/mol. The van der Waals surface area contributed by atoms with Gasteiger partial charge in [-0.2, -0.15) is 8.42 Å². The molecule has 3 rings (SSSR count). The van der Waals surface area contributed by atoms with Gasteiger partial charge in [0.1, 0.15) is 5.75 Å². The normalized spacial score (nSPS) is 15.3. The molecular weight excluding hydrogens is 757 g/mol. The molecule has 1 aliphatic rings. The number of hydrogen-bond donors (Lipinski definition) is 1. The van der Waals surface area contributed by atoms with Gasteiger partial charge < -0.3 is 4.74 Å². The third-order valence-corrected chi connectivity index (χ3v) is 10.1. The van der Waals surface area contributed by atoms with E-state index in [0.29, 0.717) is 22.4 Å². The summed E-state index contributed by atoms with van der Waals surface area (Å²) in [6, 6.07) is 6.92. The van der Waals surface area contributed by atoms with Crippen LogP contribution in [-0.4, -0.2) is 18.9 Å². The van der Waals surface area contributed by atoms with E-state index in [4.69, 9.17) is 4.74 Å². The van der Waals surface area contributed by atoms with Crippen molar-refractivity contribution in [3.05, 3.63) is 51.7 Å². The van der Waals surface area contributed by atoms with Crippen molar-refractivity contribution in [2.24, 2.45) is 0 Å². The maximum Gasteiger partial charge on any atom is 0.344 e. The SMILES string of the molecule is CC(C)c1cc(S(=O)(=O)O)c(C2CCCCC2)cc1OC(=O)c1cc(I)cc(I)c1I. The van der Waals surface area contributed by atoms with Crippen molar-refractivity contribution < 1.29 is 22.5 Å². The maximum atomic E-state index is 13.1. The van der Waals surface area contributed by atoms with Gasteiger partial charge in [-0.25, -0.2) is 4.79 Å². The van der Waals surface area contributed by atoms with Crippen molar-refractivity contribution in [1.29, 1.82) is 0 Å². The largest absolute Gasteiger partial charge is 0.423 e. The van der Waals surface area contributed by atoms with Gasteiger partial charge in [0.05, 0.1) is 10.5 Å². The Morgan fingerprint density at radius 1 is 1.06 bits per heavy atom. The van der Waals surface area contributed by atoms with Gasteiger partial charge in [0.2, 0.25) is 0 Å². The lowest BCUT2D eigenvalue weighted by molar-refractivity contribution is 0.0731. The number of carbonyl (C=O) groups excluding carboxylic acids is 1. The van der Waals surface area contributed by atoms with Crippen LogP contribution < -0.4 is 4.74 Å². The number of ether oxygens (including phenoxy) is 1. The van der Waals surface area contributed by atoms with Gasteiger partial charge in [-0.1, -0.05) is 33.1 Å². The molecule has 2 aromatic rings. The van der Waals surface area contributed by atoms with Crippen LogP contribution in [-0.2, 0) is 10.1 Å². The minimum absolute atomic E-state index is 0.0168. The number of benzene rings is 2. The smallest absolute Gasteiger partial charge is 0.344 e. The van der Waals surface area contributed by atoms with E-state index in [9.17, 15) is 17.8 Å². The number of hydrogen-bond acceptors (Lipinski definition) is 4. The molecule has 0 aromatic heterocycles. The molecule has 9 heteroatoms. The Morgan fingerprint density at radius 2 is 1.71 bits per heavy atom. The lowest BCUT2D eigenvalue weighted by Gasteiger charge is -2.25. The van der Waals surface area contributed by atoms with Crippen LogP contribution in [0.15, 0.2) is 29.2 Å². The Bertz CT molecular complexity index is 1110. The summed E-state index contributed by atoms with van der Waals surface area (Å²) >= 11 is 6.49. The van der Waals surface area contributed by atoms with E-state index in [1.54, 1.807) is 12.1 Å². The van der Waals surface area contributed by atoms with Crippen molar-refractivity contribution in [1.82, 2.24) is 0 Å². The molecule has 0 atom stereocenters. The summed E-state index contributed by atoms with van der Waals surface area (Å²) < 4.78 is 42.9. The van der Waals surface area contributed by atoms with E-state index in [1.165, 1.54) is 6.07 Å². The number of esters is 1. The maximum absolute atomic E-state index is 13.1. The van der Waals surface area contributed by atoms with Crippen LogP contribution in [0, 0.1) is 10.7 Å². The van der Waals surface area contributed by atoms with Crippen LogP contribution in [0.5, 0.6) is 5.75 Å². The molecule has 0 heterocycles. The molecule has 0 spiro atoms. The highest BCUT2D eigenvalue weighted by atomic mass is 127. The minimum Gasteiger partial charge on any atom is -0.423 e. The second-order valence-corrected chi connectivity index (χ2v) is 12.9. The Labute approximate surface area is 224 Å². The van der Waals surface area contributed by atoms with E-state index >= 15 is 0 Å². The van der Waals surface area contributed by atoms with E-state index in [0.717, 1.165) is 42.8 Å². The highest BCUT2D eigenvalue weighted by Gasteiger charge is 2.28. The molecule has 168 valence electrons. The van der Waals surface area contributed by atoms with E-state index < -0.39 is 16.1 Å². The molecule has 5 nitrogen and oxygen atoms in total. The summed E-state index contributed by atoms with van der Waals surface area (Å²) in [5.41, 5.74) is 1.60. The third-order valence-electron chi connectivity index (χ3n) is 5.50. The fourth-order valence-electron chi connectivity index (χ4n) is 3.95. The van der Waals surface area contributed by atoms with Crippen LogP contribution in [0.3, 0.4) is 0 Å². The zero-order valence-corrected chi connectivity index (χ0v) is 24.4. The zero-order chi connectivity index (χ0) is 22.9. The first kappa shape index (κ1) is 25.6. The van der Waals surface area contributed by atoms with Gasteiger partial charge >= 0.3 is 5.97 Å². The van der Waals surface area contributed by atoms with Crippen LogP contribution in [0.25, 0.3) is 0 Å². The average Bonchev–Trinajstić information content (AvgIpc) is 2.69. The predicted molar refractivity (Wildman–Crippen MR) is 146 cm³/mol. The van der Waals surface area contributed by atoms with Gasteiger partial charge in [0, 0.05) is 10.7 Å². The summed E-state index contributed by atoms with van der Waals surface area (Å²) in [6.45, 7) is 3.80. The summed E-state index contributed by atoms with van der Waals surface area (Å²) in [4.78, 5) is 13.0. The van der Waals surface area contributed by atoms with Gasteiger partial charge in [0.15, 0.2) is 0 Å². The molecule has 1 saturated carbocycles. The van der Waals surface area contributed by atoms with Gasteiger partial charge in [-0.05, 0) is 128 Å². The fraction of sp³-hybridized carbons (Fsp3) is 0.409. The molecule has 1 fully saturated rings. The van der Waals surface area contributed by atoms with Crippen molar-refractivity contribution in [3.8, 4) is 5.75 Å². The van der Waals surface area contributed by atoms with Gasteiger partial charge in [0.25, 0.3) is 10.1 Å². The van der Waals surface area contributed by atoms with Crippen molar-refractivity contribution in [3.63, 3.8) is 0 Å². The lowest BCUT2D eigenvalue weighted by Crippen LogP contribution is -2.16. The van der Waals surface area contributed by atoms with Gasteiger partial charge in [-0.15, -0.1) is 0 Å². The second kappa shape index (κ2) is 10.5. The molecule has 0 radical (unpaired) electrons. The topological polar surface area (TPSA) is 80.7 Å². The Kier molecular flexibility index (Phi) is 8.69. The fourth-order valence-corrected chi connectivity index (χ4v) is 7.12. The average molecular weight is 780 g/mol. The Balaban J connectivity index is 2.11. The summed E-state index contributed by atoms with van der Waals surface area (Å²) in [7, 11) is -4.40. The van der Waals surface area contributed by atoms with E-state index in [1.807, 2.05) is 19.9 Å². The van der Waals surface area contributed by atoms with E-state index in [2.05, 4.69) is 67.8 Å². The standard InChI is InChI=1S/C22H23I3O5S/c1-12(2)15-11-20(31(27,28)29)16(13-6-4-3-5-7-13)10-19(15)30-22(26)17-8-14(23)9-18(24)21(17)25/h8-13H,3-7H2,1-2H3,(H,27,28,29). The molecule has 31 heavy (non-hydrogen) atoms. The van der Waals surface area contributed by atoms with E-state index in [-0.39, 0.29) is 16.7 Å². The number of halogens is 3. The first-order valence-electron chi connectivity index (χ1n) is 10.0. The molecule has 1 aliphatic carbocycles. The summed E-state index contributed by atoms with van der Waals surface area (Å²) in [5, 5.41) is 0. The van der Waals surface area contributed by atoms with Crippen molar-refractivity contribution >= 4 is 83.9 Å². The zero-order valence-electron chi connectivity index (χ0n) is 17.1. The molecule has 0 saturated heterocycles. The Hall–Kier alpha value is 0.0100. The lowest BCUT2D eigenvalue weighted by atomic mass is 9.83. The Morgan fingerprint density at radius 3 is 2.29 bits per heavy atom. The quantitative estimate of drug-likeness (QED) is 0.115. The number of carbonyl (C=O) groups is 1. The van der Waals surface area contributed by atoms with Crippen LogP contribution in [0.1, 0.15) is 79.3 Å². The first-order valence-corrected chi connectivity index (χ1v) is 14.7. The summed E-state index contributed by atoms with van der Waals surface area (Å²) in [6.07, 6.45) is 4.84. The highest BCUT2D eigenvalue weighted by Crippen LogP contribution is 2.41. The third kappa shape index (κ3) is 6.12. The number of rotatable bonds is 5. The predicted octanol–water partition coefficient (Wildman–Crippen LogP) is 7.14. The minimum atomic E-state index is -4.40. The van der Waals surface area contributed by atoms with Crippen LogP contribution in [0.4, 0.5) is 0 Å². The van der Waals surface area contributed by atoms with Crippen molar-refractivity contribution in [2.75, 3.05) is 0 Å².